The quantitative estimate of drug-likeness (QED) is 0.680. The molecule has 0 bridgehead atoms. The number of Topliss-reactive ketones (excluding diaryl/α,β-unsaturated/α-hetero) is 1. The van der Waals surface area contributed by atoms with E-state index < -0.39 is 0 Å². The van der Waals surface area contributed by atoms with Gasteiger partial charge in [-0.05, 0) is 37.2 Å². The number of aromatic amines is 1. The first kappa shape index (κ1) is 20.0. The van der Waals surface area contributed by atoms with E-state index in [1.54, 1.807) is 0 Å². The van der Waals surface area contributed by atoms with Gasteiger partial charge in [0.2, 0.25) is 17.8 Å². The fourth-order valence-corrected chi connectivity index (χ4v) is 3.41. The van der Waals surface area contributed by atoms with E-state index in [2.05, 4.69) is 39.2 Å². The Morgan fingerprint density at radius 2 is 1.82 bits per heavy atom. The second-order valence-electron chi connectivity index (χ2n) is 7.80. The Hall–Kier alpha value is -2.70. The van der Waals surface area contributed by atoms with E-state index in [1.807, 2.05) is 24.3 Å². The molecule has 0 unspecified atom stereocenters. The van der Waals surface area contributed by atoms with Gasteiger partial charge in [0.25, 0.3) is 0 Å². The lowest BCUT2D eigenvalue weighted by Gasteiger charge is -2.24. The summed E-state index contributed by atoms with van der Waals surface area (Å²) in [4.78, 5) is 30.9. The average Bonchev–Trinajstić information content (AvgIpc) is 3.15. The molecule has 7 nitrogen and oxygen atoms in total. The van der Waals surface area contributed by atoms with Crippen molar-refractivity contribution < 1.29 is 9.59 Å². The first-order valence-electron chi connectivity index (χ1n) is 10.1. The minimum atomic E-state index is -0.244. The molecule has 3 rings (SSSR count). The Balaban J connectivity index is 1.46. The largest absolute Gasteiger partial charge is 0.340 e. The monoisotopic (exact) mass is 383 g/mol. The van der Waals surface area contributed by atoms with Crippen LogP contribution in [0.4, 0.5) is 11.9 Å². The molecule has 2 N–H and O–H groups in total. The highest BCUT2D eigenvalue weighted by Gasteiger charge is 2.16. The normalized spacial score (nSPS) is 14.3. The number of nitrogens with one attached hydrogen (secondary N) is 2. The Bertz CT molecular complexity index is 791. The number of rotatable bonds is 8. The number of carbonyl (C=O) groups is 2. The molecule has 2 aromatic rings. The Kier molecular flexibility index (Phi) is 6.79. The van der Waals surface area contributed by atoms with Gasteiger partial charge < -0.3 is 4.90 Å². The predicted octanol–water partition coefficient (Wildman–Crippen LogP) is 3.60. The van der Waals surface area contributed by atoms with Crippen molar-refractivity contribution in [3.63, 3.8) is 0 Å². The number of ketones is 1. The lowest BCUT2D eigenvalue weighted by molar-refractivity contribution is -0.116. The maximum atomic E-state index is 12.3. The molecule has 0 saturated carbocycles. The molecule has 7 heteroatoms. The van der Waals surface area contributed by atoms with Crippen LogP contribution < -0.4 is 10.2 Å². The topological polar surface area (TPSA) is 91.0 Å². The molecular weight excluding hydrogens is 354 g/mol. The number of H-pyrrole nitrogens is 1. The molecule has 1 fully saturated rings. The van der Waals surface area contributed by atoms with Gasteiger partial charge in [0, 0.05) is 31.5 Å². The van der Waals surface area contributed by atoms with Crippen LogP contribution in [-0.2, 0) is 11.2 Å². The summed E-state index contributed by atoms with van der Waals surface area (Å²) in [6, 6.07) is 7.67. The number of nitrogens with zero attached hydrogens (tertiary/aromatic N) is 3. The van der Waals surface area contributed by atoms with Gasteiger partial charge in [-0.2, -0.15) is 4.98 Å². The maximum Gasteiger partial charge on any atom is 0.246 e. The third-order valence-electron chi connectivity index (χ3n) is 4.87. The number of hydrogen-bond acceptors (Lipinski definition) is 5. The van der Waals surface area contributed by atoms with Gasteiger partial charge in [-0.1, -0.05) is 38.1 Å². The summed E-state index contributed by atoms with van der Waals surface area (Å²) in [5, 5.41) is 9.62. The number of benzene rings is 1. The number of anilines is 2. The molecular formula is C21H29N5O2. The van der Waals surface area contributed by atoms with Crippen LogP contribution in [-0.4, -0.2) is 40.0 Å². The minimum Gasteiger partial charge on any atom is -0.340 e. The van der Waals surface area contributed by atoms with Crippen molar-refractivity contribution in [3.8, 4) is 0 Å². The molecule has 1 aromatic heterocycles. The molecule has 0 spiro atoms. The van der Waals surface area contributed by atoms with E-state index in [4.69, 9.17) is 0 Å². The van der Waals surface area contributed by atoms with Crippen LogP contribution in [0.3, 0.4) is 0 Å². The third-order valence-corrected chi connectivity index (χ3v) is 4.87. The average molecular weight is 383 g/mol. The van der Waals surface area contributed by atoms with Crippen LogP contribution in [0, 0.1) is 5.92 Å². The summed E-state index contributed by atoms with van der Waals surface area (Å²) in [5.41, 5.74) is 1.87. The Morgan fingerprint density at radius 1 is 1.11 bits per heavy atom. The molecule has 0 aliphatic carbocycles. The Morgan fingerprint density at radius 3 is 2.50 bits per heavy atom. The number of hydrogen-bond donors (Lipinski definition) is 2. The van der Waals surface area contributed by atoms with Crippen molar-refractivity contribution in [1.82, 2.24) is 15.2 Å². The van der Waals surface area contributed by atoms with Crippen LogP contribution in [0.25, 0.3) is 0 Å². The van der Waals surface area contributed by atoms with Crippen LogP contribution in [0.1, 0.15) is 61.9 Å². The summed E-state index contributed by atoms with van der Waals surface area (Å²) < 4.78 is 0. The first-order chi connectivity index (χ1) is 13.5. The molecule has 1 aromatic carbocycles. The molecule has 1 saturated heterocycles. The zero-order chi connectivity index (χ0) is 19.9. The fourth-order valence-electron chi connectivity index (χ4n) is 3.41. The highest BCUT2D eigenvalue weighted by molar-refractivity contribution is 5.99. The molecule has 0 radical (unpaired) electrons. The first-order valence-corrected chi connectivity index (χ1v) is 10.1. The molecule has 1 aliphatic rings. The standard InChI is InChI=1S/C21H29N5O2/c1-15(2)14-16-6-8-17(9-7-16)18(27)10-11-19(28)22-20-23-21(25-24-20)26-12-4-3-5-13-26/h6-9,15H,3-5,10-14H2,1-2H3,(H2,22,23,24,25,28). The van der Waals surface area contributed by atoms with E-state index in [0.29, 0.717) is 23.4 Å². The second kappa shape index (κ2) is 9.48. The zero-order valence-electron chi connectivity index (χ0n) is 16.7. The lowest BCUT2D eigenvalue weighted by Crippen LogP contribution is -2.30. The highest BCUT2D eigenvalue weighted by atomic mass is 16.2. The second-order valence-corrected chi connectivity index (χ2v) is 7.80. The third kappa shape index (κ3) is 5.65. The van der Waals surface area contributed by atoms with E-state index in [0.717, 1.165) is 32.4 Å². The van der Waals surface area contributed by atoms with E-state index in [1.165, 1.54) is 12.0 Å². The summed E-state index contributed by atoms with van der Waals surface area (Å²) in [6.07, 6.45) is 4.79. The van der Waals surface area contributed by atoms with Crippen LogP contribution in [0.15, 0.2) is 24.3 Å². The molecule has 0 atom stereocenters. The van der Waals surface area contributed by atoms with Gasteiger partial charge in [-0.15, -0.1) is 5.10 Å². The summed E-state index contributed by atoms with van der Waals surface area (Å²) >= 11 is 0. The van der Waals surface area contributed by atoms with Gasteiger partial charge >= 0.3 is 0 Å². The van der Waals surface area contributed by atoms with Gasteiger partial charge in [-0.25, -0.2) is 5.10 Å². The van der Waals surface area contributed by atoms with E-state index in [9.17, 15) is 9.59 Å². The minimum absolute atomic E-state index is 0.0298. The smallest absolute Gasteiger partial charge is 0.246 e. The molecule has 28 heavy (non-hydrogen) atoms. The van der Waals surface area contributed by atoms with Gasteiger partial charge in [0.15, 0.2) is 5.78 Å². The van der Waals surface area contributed by atoms with Gasteiger partial charge in [-0.3, -0.25) is 14.9 Å². The van der Waals surface area contributed by atoms with Crippen LogP contribution in [0.2, 0.25) is 0 Å². The maximum absolute atomic E-state index is 12.3. The van der Waals surface area contributed by atoms with E-state index in [-0.39, 0.29) is 24.5 Å². The SMILES string of the molecule is CC(C)Cc1ccc(C(=O)CCC(=O)Nc2nc(N3CCCCC3)n[nH]2)cc1. The zero-order valence-corrected chi connectivity index (χ0v) is 16.7. The summed E-state index contributed by atoms with van der Waals surface area (Å²) in [5.74, 6) is 1.25. The van der Waals surface area contributed by atoms with Crippen molar-refractivity contribution in [3.05, 3.63) is 35.4 Å². The highest BCUT2D eigenvalue weighted by Crippen LogP contribution is 2.17. The molecule has 1 amide bonds. The molecule has 150 valence electrons. The van der Waals surface area contributed by atoms with Crippen molar-refractivity contribution in [2.45, 2.75) is 52.4 Å². The van der Waals surface area contributed by atoms with E-state index >= 15 is 0 Å². The molecule has 1 aliphatic heterocycles. The lowest BCUT2D eigenvalue weighted by atomic mass is 9.99. The number of aromatic nitrogens is 3. The van der Waals surface area contributed by atoms with Crippen molar-refractivity contribution in [2.24, 2.45) is 5.92 Å². The van der Waals surface area contributed by atoms with Crippen LogP contribution in [0.5, 0.6) is 0 Å². The summed E-state index contributed by atoms with van der Waals surface area (Å²) in [7, 11) is 0. The Labute approximate surface area is 165 Å². The van der Waals surface area contributed by atoms with Gasteiger partial charge in [0.05, 0.1) is 0 Å². The number of amides is 1. The van der Waals surface area contributed by atoms with Gasteiger partial charge in [0.1, 0.15) is 0 Å². The fraction of sp³-hybridized carbons (Fsp3) is 0.524. The number of piperidine rings is 1. The number of carbonyl (C=O) groups excluding carboxylic acids is 2. The predicted molar refractivity (Wildman–Crippen MR) is 110 cm³/mol. The van der Waals surface area contributed by atoms with Crippen molar-refractivity contribution in [1.29, 1.82) is 0 Å². The molecule has 2 heterocycles. The van der Waals surface area contributed by atoms with Crippen LogP contribution >= 0.6 is 0 Å². The van der Waals surface area contributed by atoms with Crippen molar-refractivity contribution >= 4 is 23.6 Å². The van der Waals surface area contributed by atoms with Crippen molar-refractivity contribution in [2.75, 3.05) is 23.3 Å². The summed E-state index contributed by atoms with van der Waals surface area (Å²) in [6.45, 7) is 6.22.